The van der Waals surface area contributed by atoms with Crippen LogP contribution in [-0.2, 0) is 32.7 Å². The van der Waals surface area contributed by atoms with E-state index in [1.54, 1.807) is 0 Å². The van der Waals surface area contributed by atoms with Crippen molar-refractivity contribution in [1.82, 2.24) is 0 Å². The summed E-state index contributed by atoms with van der Waals surface area (Å²) in [4.78, 5) is 35.3. The predicted molar refractivity (Wildman–Crippen MR) is 367 cm³/mol. The molecule has 3 N–H and O–H groups in total. The van der Waals surface area contributed by atoms with Crippen LogP contribution in [0.2, 0.25) is 0 Å². The van der Waals surface area contributed by atoms with Gasteiger partial charge in [0.25, 0.3) is 0 Å². The van der Waals surface area contributed by atoms with Gasteiger partial charge < -0.3 is 20.1 Å². The number of esters is 2. The zero-order chi connectivity index (χ0) is 61.6. The van der Waals surface area contributed by atoms with Crippen LogP contribution in [0.5, 0.6) is 0 Å². The van der Waals surface area contributed by atoms with E-state index in [2.05, 4.69) is 105 Å². The van der Waals surface area contributed by atoms with Gasteiger partial charge in [0.1, 0.15) is 6.61 Å². The molecular formula is C75H134NO8P. The van der Waals surface area contributed by atoms with Crippen LogP contribution in [0.1, 0.15) is 335 Å². The average molecular weight is 1210 g/mol. The standard InChI is InChI=1S/C75H134NO8P/c1-3-5-7-9-11-13-15-17-19-21-23-25-27-28-29-30-31-32-33-34-35-36-37-38-39-40-41-42-43-44-46-47-49-51-53-55-57-59-61-63-65-67-74(77)81-71-73(72-83-85(79,80)82-70-69-76)84-75(78)68-66-64-62-60-58-56-54-52-50-48-45-26-24-22-20-18-16-14-12-10-8-6-4-2/h6,8,12,14,18,20-21,23-24,26,48,50,54,56,60,62,73H,3-5,7,9-11,13,15-17,19,22,25,27-47,49,51-53,55,57-59,61,63-72,76H2,1-2H3,(H,79,80)/b8-6-,14-12-,20-18-,23-21-,26-24-,50-48-,56-54-,62-60-. The monoisotopic (exact) mass is 1210 g/mol. The van der Waals surface area contributed by atoms with E-state index < -0.39 is 32.5 Å². The quantitative estimate of drug-likeness (QED) is 0.0264. The lowest BCUT2D eigenvalue weighted by molar-refractivity contribution is -0.161. The maximum Gasteiger partial charge on any atom is 0.472 e. The summed E-state index contributed by atoms with van der Waals surface area (Å²) >= 11 is 0. The molecule has 492 valence electrons. The molecule has 0 bridgehead atoms. The zero-order valence-electron chi connectivity index (χ0n) is 55.3. The second-order valence-electron chi connectivity index (χ2n) is 23.7. The van der Waals surface area contributed by atoms with Gasteiger partial charge in [0.15, 0.2) is 6.10 Å². The van der Waals surface area contributed by atoms with Gasteiger partial charge in [0.2, 0.25) is 0 Å². The molecule has 0 aromatic heterocycles. The lowest BCUT2D eigenvalue weighted by Gasteiger charge is -2.19. The van der Waals surface area contributed by atoms with E-state index in [0.717, 1.165) is 64.2 Å². The minimum Gasteiger partial charge on any atom is -0.462 e. The molecule has 0 rings (SSSR count). The number of allylic oxidation sites excluding steroid dienone is 16. The third-order valence-electron chi connectivity index (χ3n) is 15.5. The zero-order valence-corrected chi connectivity index (χ0v) is 56.2. The first-order valence-electron chi connectivity index (χ1n) is 35.7. The minimum atomic E-state index is -4.41. The molecule has 10 heteroatoms. The lowest BCUT2D eigenvalue weighted by atomic mass is 10.0. The molecule has 0 aliphatic carbocycles. The Morgan fingerprint density at radius 1 is 0.365 bits per heavy atom. The molecule has 2 atom stereocenters. The maximum absolute atomic E-state index is 12.7. The summed E-state index contributed by atoms with van der Waals surface area (Å²) in [7, 11) is -4.41. The van der Waals surface area contributed by atoms with Gasteiger partial charge in [-0.1, -0.05) is 329 Å². The molecule has 0 fully saturated rings. The van der Waals surface area contributed by atoms with Gasteiger partial charge >= 0.3 is 19.8 Å². The number of phosphoric ester groups is 1. The summed E-state index contributed by atoms with van der Waals surface area (Å²) in [5.41, 5.74) is 5.39. The Morgan fingerprint density at radius 2 is 0.659 bits per heavy atom. The number of nitrogens with two attached hydrogens (primary N) is 1. The Morgan fingerprint density at radius 3 is 1.01 bits per heavy atom. The van der Waals surface area contributed by atoms with E-state index >= 15 is 0 Å². The van der Waals surface area contributed by atoms with Crippen molar-refractivity contribution < 1.29 is 37.6 Å². The topological polar surface area (TPSA) is 134 Å². The number of hydrogen-bond donors (Lipinski definition) is 2. The molecule has 0 saturated heterocycles. The first kappa shape index (κ1) is 81.9. The Balaban J connectivity index is 3.82. The highest BCUT2D eigenvalue weighted by Gasteiger charge is 2.26. The molecule has 2 unspecified atom stereocenters. The molecule has 0 aromatic rings. The van der Waals surface area contributed by atoms with Crippen LogP contribution in [0, 0.1) is 0 Å². The number of rotatable bonds is 67. The van der Waals surface area contributed by atoms with Crippen molar-refractivity contribution in [2.75, 3.05) is 26.4 Å². The van der Waals surface area contributed by atoms with E-state index in [4.69, 9.17) is 24.3 Å². The van der Waals surface area contributed by atoms with Crippen molar-refractivity contribution in [1.29, 1.82) is 0 Å². The number of hydrogen-bond acceptors (Lipinski definition) is 8. The van der Waals surface area contributed by atoms with E-state index in [1.165, 1.54) is 231 Å². The second kappa shape index (κ2) is 70.0. The lowest BCUT2D eigenvalue weighted by Crippen LogP contribution is -2.29. The Bertz CT molecular complexity index is 1720. The third kappa shape index (κ3) is 69.9. The van der Waals surface area contributed by atoms with Gasteiger partial charge in [0.05, 0.1) is 13.2 Å². The van der Waals surface area contributed by atoms with Crippen LogP contribution in [0.3, 0.4) is 0 Å². The van der Waals surface area contributed by atoms with Crippen molar-refractivity contribution in [2.24, 2.45) is 5.73 Å². The SMILES string of the molecule is CC/C=C\C/C=C\C/C=C\C/C=C\C/C=C\C/C=C\C/C=C\CCCC(=O)OC(COC(=O)CCCCCCCCCCCCCCCCCCCCCCCCCCCCCCC/C=C\CCCCCCCCCC)COP(=O)(O)OCCN. The molecule has 0 aromatic carbocycles. The normalized spacial score (nSPS) is 13.5. The predicted octanol–water partition coefficient (Wildman–Crippen LogP) is 23.5. The summed E-state index contributed by atoms with van der Waals surface area (Å²) in [6.07, 6.45) is 95.5. The van der Waals surface area contributed by atoms with E-state index in [1.807, 2.05) is 6.08 Å². The number of unbranched alkanes of at least 4 members (excludes halogenated alkanes) is 38. The van der Waals surface area contributed by atoms with Crippen LogP contribution in [-0.4, -0.2) is 49.3 Å². The minimum absolute atomic E-state index is 0.0407. The molecule has 0 aliphatic heterocycles. The molecule has 85 heavy (non-hydrogen) atoms. The van der Waals surface area contributed by atoms with Gasteiger partial charge in [-0.05, 0) is 89.9 Å². The van der Waals surface area contributed by atoms with Crippen LogP contribution >= 0.6 is 7.82 Å². The maximum atomic E-state index is 12.7. The molecular weight excluding hydrogens is 1070 g/mol. The Hall–Kier alpha value is -3.07. The highest BCUT2D eigenvalue weighted by molar-refractivity contribution is 7.47. The van der Waals surface area contributed by atoms with Gasteiger partial charge in [-0.25, -0.2) is 4.57 Å². The number of ether oxygens (including phenoxy) is 2. The largest absolute Gasteiger partial charge is 0.472 e. The van der Waals surface area contributed by atoms with Crippen molar-refractivity contribution >= 4 is 19.8 Å². The van der Waals surface area contributed by atoms with Crippen LogP contribution < -0.4 is 5.73 Å². The van der Waals surface area contributed by atoms with Crippen molar-refractivity contribution in [3.63, 3.8) is 0 Å². The fraction of sp³-hybridized carbons (Fsp3) is 0.760. The highest BCUT2D eigenvalue weighted by Crippen LogP contribution is 2.43. The molecule has 0 spiro atoms. The van der Waals surface area contributed by atoms with Crippen LogP contribution in [0.15, 0.2) is 97.2 Å². The fourth-order valence-corrected chi connectivity index (χ4v) is 11.0. The first-order valence-corrected chi connectivity index (χ1v) is 37.2. The Kier molecular flexibility index (Phi) is 67.5. The number of phosphoric acid groups is 1. The van der Waals surface area contributed by atoms with Crippen molar-refractivity contribution in [3.8, 4) is 0 Å². The molecule has 0 amide bonds. The van der Waals surface area contributed by atoms with E-state index in [-0.39, 0.29) is 32.6 Å². The van der Waals surface area contributed by atoms with Gasteiger partial charge in [-0.3, -0.25) is 18.6 Å². The molecule has 0 radical (unpaired) electrons. The average Bonchev–Trinajstić information content (AvgIpc) is 3.52. The van der Waals surface area contributed by atoms with Gasteiger partial charge in [-0.15, -0.1) is 0 Å². The second-order valence-corrected chi connectivity index (χ2v) is 25.2. The van der Waals surface area contributed by atoms with Gasteiger partial charge in [0, 0.05) is 19.4 Å². The first-order chi connectivity index (χ1) is 41.8. The summed E-state index contributed by atoms with van der Waals surface area (Å²) in [5, 5.41) is 0. The van der Waals surface area contributed by atoms with E-state index in [9.17, 15) is 19.0 Å². The van der Waals surface area contributed by atoms with Crippen LogP contribution in [0.25, 0.3) is 0 Å². The smallest absolute Gasteiger partial charge is 0.462 e. The van der Waals surface area contributed by atoms with Crippen molar-refractivity contribution in [2.45, 2.75) is 341 Å². The third-order valence-corrected chi connectivity index (χ3v) is 16.4. The summed E-state index contributed by atoms with van der Waals surface area (Å²) < 4.78 is 33.1. The summed E-state index contributed by atoms with van der Waals surface area (Å²) in [6, 6.07) is 0. The number of carbonyl (C=O) groups excluding carboxylic acids is 2. The highest BCUT2D eigenvalue weighted by atomic mass is 31.2. The molecule has 0 aliphatic rings. The number of carbonyl (C=O) groups is 2. The summed E-state index contributed by atoms with van der Waals surface area (Å²) in [6.45, 7) is 3.59. The summed E-state index contributed by atoms with van der Waals surface area (Å²) in [5.74, 6) is -0.891. The fourth-order valence-electron chi connectivity index (χ4n) is 10.2. The van der Waals surface area contributed by atoms with E-state index in [0.29, 0.717) is 12.8 Å². The Labute approximate surface area is 525 Å². The van der Waals surface area contributed by atoms with Crippen molar-refractivity contribution in [3.05, 3.63) is 97.2 Å². The van der Waals surface area contributed by atoms with Gasteiger partial charge in [-0.2, -0.15) is 0 Å². The molecule has 0 heterocycles. The molecule has 0 saturated carbocycles. The molecule has 9 nitrogen and oxygen atoms in total. The van der Waals surface area contributed by atoms with Crippen LogP contribution in [0.4, 0.5) is 0 Å².